The summed E-state index contributed by atoms with van der Waals surface area (Å²) in [5, 5.41) is 14.2. The predicted molar refractivity (Wildman–Crippen MR) is 82.8 cm³/mol. The Bertz CT molecular complexity index is 668. The molecule has 0 aliphatic heterocycles. The molecule has 1 N–H and O–H groups in total. The molecule has 0 atom stereocenters. The van der Waals surface area contributed by atoms with E-state index < -0.39 is 4.92 Å². The van der Waals surface area contributed by atoms with E-state index in [4.69, 9.17) is 11.6 Å². The number of pyridine rings is 1. The smallest absolute Gasteiger partial charge is 0.311 e. The number of hydrogen-bond donors (Lipinski definition) is 1. The summed E-state index contributed by atoms with van der Waals surface area (Å²) in [6, 6.07) is 6.57. The number of hydrogen-bond acceptors (Lipinski definition) is 4. The minimum atomic E-state index is -0.491. The fraction of sp³-hybridized carbons (Fsp3) is 0.154. The maximum Gasteiger partial charge on any atom is 0.311 e. The summed E-state index contributed by atoms with van der Waals surface area (Å²) < 4.78 is 0.951. The van der Waals surface area contributed by atoms with Gasteiger partial charge in [0.25, 0.3) is 0 Å². The fourth-order valence-electron chi connectivity index (χ4n) is 1.89. The number of aryl methyl sites for hydroxylation is 2. The van der Waals surface area contributed by atoms with Crippen LogP contribution >= 0.6 is 27.5 Å². The van der Waals surface area contributed by atoms with Gasteiger partial charge in [0.05, 0.1) is 4.92 Å². The van der Waals surface area contributed by atoms with E-state index in [1.54, 1.807) is 0 Å². The first-order valence-electron chi connectivity index (χ1n) is 5.73. The maximum atomic E-state index is 11.0. The highest BCUT2D eigenvalue weighted by molar-refractivity contribution is 9.10. The SMILES string of the molecule is Cc1cc(Br)cc(C)c1Nc1nc(Cl)ccc1[N+](=O)[O-]. The van der Waals surface area contributed by atoms with Gasteiger partial charge in [0.15, 0.2) is 0 Å². The Balaban J connectivity index is 2.50. The maximum absolute atomic E-state index is 11.0. The van der Waals surface area contributed by atoms with Crippen molar-refractivity contribution in [2.24, 2.45) is 0 Å². The monoisotopic (exact) mass is 355 g/mol. The largest absolute Gasteiger partial charge is 0.334 e. The van der Waals surface area contributed by atoms with Gasteiger partial charge in [-0.25, -0.2) is 4.98 Å². The summed E-state index contributed by atoms with van der Waals surface area (Å²) in [6.45, 7) is 3.83. The minimum absolute atomic E-state index is 0.115. The van der Waals surface area contributed by atoms with E-state index in [9.17, 15) is 10.1 Å². The summed E-state index contributed by atoms with van der Waals surface area (Å²) in [7, 11) is 0. The molecule has 7 heteroatoms. The molecule has 0 aliphatic carbocycles. The zero-order chi connectivity index (χ0) is 14.9. The lowest BCUT2D eigenvalue weighted by atomic mass is 10.1. The van der Waals surface area contributed by atoms with Gasteiger partial charge in [-0.1, -0.05) is 27.5 Å². The molecule has 1 aromatic carbocycles. The highest BCUT2D eigenvalue weighted by atomic mass is 79.9. The number of rotatable bonds is 3. The molecule has 0 bridgehead atoms. The lowest BCUT2D eigenvalue weighted by Gasteiger charge is -2.13. The van der Waals surface area contributed by atoms with Gasteiger partial charge in [-0.15, -0.1) is 0 Å². The second kappa shape index (κ2) is 5.76. The van der Waals surface area contributed by atoms with Crippen molar-refractivity contribution in [1.29, 1.82) is 0 Å². The first-order chi connectivity index (χ1) is 9.38. The third-order valence-electron chi connectivity index (χ3n) is 2.78. The number of benzene rings is 1. The first kappa shape index (κ1) is 14.7. The summed E-state index contributed by atoms with van der Waals surface area (Å²) in [6.07, 6.45) is 0. The van der Waals surface area contributed by atoms with Crippen molar-refractivity contribution in [1.82, 2.24) is 4.98 Å². The summed E-state index contributed by atoms with van der Waals surface area (Å²) >= 11 is 9.22. The first-order valence-corrected chi connectivity index (χ1v) is 6.90. The van der Waals surface area contributed by atoms with Crippen LogP contribution in [0.3, 0.4) is 0 Å². The second-order valence-corrected chi connectivity index (χ2v) is 5.60. The van der Waals surface area contributed by atoms with Crippen molar-refractivity contribution in [2.45, 2.75) is 13.8 Å². The standard InChI is InChI=1S/C13H11BrClN3O2/c1-7-5-9(14)6-8(2)12(7)17-13-10(18(19)20)3-4-11(15)16-13/h3-6H,1-2H3,(H,16,17). The van der Waals surface area contributed by atoms with Crippen LogP contribution < -0.4 is 5.32 Å². The summed E-state index contributed by atoms with van der Waals surface area (Å²) in [4.78, 5) is 14.5. The van der Waals surface area contributed by atoms with E-state index in [2.05, 4.69) is 26.2 Å². The molecular weight excluding hydrogens is 346 g/mol. The third kappa shape index (κ3) is 3.08. The van der Waals surface area contributed by atoms with Gasteiger partial charge < -0.3 is 5.32 Å². The molecule has 2 aromatic rings. The molecule has 1 heterocycles. The zero-order valence-corrected chi connectivity index (χ0v) is 13.1. The molecule has 0 aliphatic rings. The molecule has 20 heavy (non-hydrogen) atoms. The van der Waals surface area contributed by atoms with E-state index >= 15 is 0 Å². The Kier molecular flexibility index (Phi) is 4.25. The van der Waals surface area contributed by atoms with Crippen LogP contribution in [-0.4, -0.2) is 9.91 Å². The van der Waals surface area contributed by atoms with Crippen LogP contribution in [0.5, 0.6) is 0 Å². The quantitative estimate of drug-likeness (QED) is 0.489. The molecule has 0 amide bonds. The highest BCUT2D eigenvalue weighted by Crippen LogP contribution is 2.31. The molecule has 0 radical (unpaired) electrons. The highest BCUT2D eigenvalue weighted by Gasteiger charge is 2.17. The van der Waals surface area contributed by atoms with Crippen molar-refractivity contribution in [3.63, 3.8) is 0 Å². The van der Waals surface area contributed by atoms with Crippen molar-refractivity contribution >= 4 is 44.7 Å². The average molecular weight is 357 g/mol. The molecule has 0 saturated heterocycles. The van der Waals surface area contributed by atoms with Gasteiger partial charge in [0, 0.05) is 16.2 Å². The summed E-state index contributed by atoms with van der Waals surface area (Å²) in [5.41, 5.74) is 2.57. The third-order valence-corrected chi connectivity index (χ3v) is 3.45. The van der Waals surface area contributed by atoms with Crippen molar-refractivity contribution in [3.8, 4) is 0 Å². The van der Waals surface area contributed by atoms with Crippen LogP contribution in [0.1, 0.15) is 11.1 Å². The van der Waals surface area contributed by atoms with E-state index in [0.29, 0.717) is 0 Å². The Hall–Kier alpha value is -1.66. The van der Waals surface area contributed by atoms with E-state index in [1.165, 1.54) is 12.1 Å². The van der Waals surface area contributed by atoms with Gasteiger partial charge in [-0.2, -0.15) is 0 Å². The van der Waals surface area contributed by atoms with Gasteiger partial charge in [0.1, 0.15) is 5.15 Å². The number of nitrogens with one attached hydrogen (secondary N) is 1. The topological polar surface area (TPSA) is 68.1 Å². The molecular formula is C13H11BrClN3O2. The molecule has 5 nitrogen and oxygen atoms in total. The minimum Gasteiger partial charge on any atom is -0.334 e. The van der Waals surface area contributed by atoms with Crippen molar-refractivity contribution in [3.05, 3.63) is 55.1 Å². The number of nitro groups is 1. The molecule has 104 valence electrons. The fourth-order valence-corrected chi connectivity index (χ4v) is 2.73. The van der Waals surface area contributed by atoms with Crippen molar-refractivity contribution < 1.29 is 4.92 Å². The van der Waals surface area contributed by atoms with Gasteiger partial charge in [-0.05, 0) is 43.2 Å². The number of halogens is 2. The Morgan fingerprint density at radius 2 is 1.90 bits per heavy atom. The van der Waals surface area contributed by atoms with Crippen LogP contribution in [0.4, 0.5) is 17.2 Å². The van der Waals surface area contributed by atoms with E-state index in [-0.39, 0.29) is 16.7 Å². The number of aromatic nitrogens is 1. The Morgan fingerprint density at radius 3 is 2.45 bits per heavy atom. The normalized spacial score (nSPS) is 10.4. The summed E-state index contributed by atoms with van der Waals surface area (Å²) in [5.74, 6) is 0.135. The molecule has 0 unspecified atom stereocenters. The lowest BCUT2D eigenvalue weighted by molar-refractivity contribution is -0.384. The van der Waals surface area contributed by atoms with Crippen LogP contribution in [0.2, 0.25) is 5.15 Å². The number of anilines is 2. The Labute approximate surface area is 129 Å². The van der Waals surface area contributed by atoms with Crippen molar-refractivity contribution in [2.75, 3.05) is 5.32 Å². The van der Waals surface area contributed by atoms with Crippen LogP contribution in [-0.2, 0) is 0 Å². The zero-order valence-electron chi connectivity index (χ0n) is 10.8. The van der Waals surface area contributed by atoms with Crippen LogP contribution in [0, 0.1) is 24.0 Å². The number of nitrogens with zero attached hydrogens (tertiary/aromatic N) is 2. The van der Waals surface area contributed by atoms with Crippen LogP contribution in [0.15, 0.2) is 28.7 Å². The van der Waals surface area contributed by atoms with E-state index in [0.717, 1.165) is 21.3 Å². The molecule has 0 saturated carbocycles. The van der Waals surface area contributed by atoms with Crippen LogP contribution in [0.25, 0.3) is 0 Å². The molecule has 2 rings (SSSR count). The van der Waals surface area contributed by atoms with Gasteiger partial charge in [0.2, 0.25) is 5.82 Å². The average Bonchev–Trinajstić information content (AvgIpc) is 2.33. The van der Waals surface area contributed by atoms with Gasteiger partial charge >= 0.3 is 5.69 Å². The molecule has 0 spiro atoms. The second-order valence-electron chi connectivity index (χ2n) is 4.30. The predicted octanol–water partition coefficient (Wildman–Crippen LogP) is 4.77. The molecule has 0 fully saturated rings. The Morgan fingerprint density at radius 1 is 1.30 bits per heavy atom. The van der Waals surface area contributed by atoms with E-state index in [1.807, 2.05) is 26.0 Å². The lowest BCUT2D eigenvalue weighted by Crippen LogP contribution is -2.02. The van der Waals surface area contributed by atoms with Gasteiger partial charge in [-0.3, -0.25) is 10.1 Å². The molecule has 1 aromatic heterocycles.